The maximum atomic E-state index is 12.8. The average molecular weight is 385 g/mol. The van der Waals surface area contributed by atoms with Crippen molar-refractivity contribution in [1.82, 2.24) is 0 Å². The fourth-order valence-corrected chi connectivity index (χ4v) is 3.40. The average Bonchev–Trinajstić information content (AvgIpc) is 2.44. The van der Waals surface area contributed by atoms with Crippen LogP contribution in [0, 0.1) is 11.3 Å². The number of halogens is 4. The number of ketones is 1. The van der Waals surface area contributed by atoms with Crippen LogP contribution in [0.15, 0.2) is 10.6 Å². The van der Waals surface area contributed by atoms with Crippen LogP contribution in [0.4, 0.5) is 13.2 Å². The highest BCUT2D eigenvalue weighted by Crippen LogP contribution is 2.45. The van der Waals surface area contributed by atoms with Crippen LogP contribution in [0.3, 0.4) is 0 Å². The number of Topliss-reactive ketones (excluding diaryl/α,β-unsaturated/α-hetero) is 1. The molecular weight excluding hydrogens is 365 g/mol. The molecule has 142 valence electrons. The van der Waals surface area contributed by atoms with Gasteiger partial charge in [0.1, 0.15) is 12.0 Å². The molecule has 0 N–H and O–H groups in total. The summed E-state index contributed by atoms with van der Waals surface area (Å²) in [6.07, 6.45) is -6.30. The van der Waals surface area contributed by atoms with Gasteiger partial charge >= 0.3 is 18.1 Å². The first-order valence-corrected chi connectivity index (χ1v) is 8.03. The molecule has 0 bridgehead atoms. The topological polar surface area (TPSA) is 69.7 Å². The third-order valence-corrected chi connectivity index (χ3v) is 4.34. The third-order valence-electron chi connectivity index (χ3n) is 4.00. The second-order valence-electron chi connectivity index (χ2n) is 6.48. The number of carbonyl (C=O) groups excluding carboxylic acids is 3. The number of rotatable bonds is 5. The van der Waals surface area contributed by atoms with Crippen molar-refractivity contribution < 1.29 is 37.0 Å². The summed E-state index contributed by atoms with van der Waals surface area (Å²) >= 11 is 6.14. The van der Waals surface area contributed by atoms with Crippen molar-refractivity contribution in [2.75, 3.05) is 7.11 Å². The van der Waals surface area contributed by atoms with Crippen molar-refractivity contribution >= 4 is 29.3 Å². The van der Waals surface area contributed by atoms with Gasteiger partial charge in [-0.05, 0) is 18.3 Å². The Kier molecular flexibility index (Phi) is 6.67. The molecule has 0 heterocycles. The van der Waals surface area contributed by atoms with Gasteiger partial charge in [-0.3, -0.25) is 9.59 Å². The SMILES string of the molecule is CCC[C@H](OC(=O)C(F)(F)F)C1=C(Cl)CC(C)(C)[C@@H](C(=O)OC)C1=O. The first-order valence-electron chi connectivity index (χ1n) is 7.65. The van der Waals surface area contributed by atoms with Gasteiger partial charge in [-0.1, -0.05) is 38.8 Å². The predicted octanol–water partition coefficient (Wildman–Crippen LogP) is 3.54. The molecule has 0 unspecified atom stereocenters. The summed E-state index contributed by atoms with van der Waals surface area (Å²) in [5.41, 5.74) is -1.15. The molecule has 0 amide bonds. The molecule has 0 saturated heterocycles. The van der Waals surface area contributed by atoms with Crippen LogP contribution in [0.5, 0.6) is 0 Å². The number of esters is 2. The Labute approximate surface area is 148 Å². The molecule has 2 atom stereocenters. The molecule has 0 spiro atoms. The lowest BCUT2D eigenvalue weighted by Crippen LogP contribution is -2.45. The fourth-order valence-electron chi connectivity index (χ4n) is 2.84. The quantitative estimate of drug-likeness (QED) is 0.535. The van der Waals surface area contributed by atoms with Crippen molar-refractivity contribution in [1.29, 1.82) is 0 Å². The van der Waals surface area contributed by atoms with E-state index in [4.69, 9.17) is 11.6 Å². The fraction of sp³-hybridized carbons (Fsp3) is 0.688. The number of carbonyl (C=O) groups is 3. The molecule has 1 rings (SSSR count). The Morgan fingerprint density at radius 3 is 2.36 bits per heavy atom. The van der Waals surface area contributed by atoms with E-state index < -0.39 is 41.3 Å². The largest absolute Gasteiger partial charge is 0.490 e. The van der Waals surface area contributed by atoms with E-state index in [1.54, 1.807) is 20.8 Å². The lowest BCUT2D eigenvalue weighted by atomic mass is 9.67. The van der Waals surface area contributed by atoms with Gasteiger partial charge in [0.05, 0.1) is 12.7 Å². The molecule has 0 aromatic carbocycles. The van der Waals surface area contributed by atoms with Crippen LogP contribution in [-0.4, -0.2) is 37.1 Å². The van der Waals surface area contributed by atoms with E-state index in [0.29, 0.717) is 6.42 Å². The summed E-state index contributed by atoms with van der Waals surface area (Å²) in [6.45, 7) is 4.91. The number of methoxy groups -OCH3 is 1. The van der Waals surface area contributed by atoms with Gasteiger partial charge in [0.25, 0.3) is 0 Å². The van der Waals surface area contributed by atoms with E-state index >= 15 is 0 Å². The Bertz CT molecular complexity index is 595. The van der Waals surface area contributed by atoms with Gasteiger partial charge in [-0.25, -0.2) is 4.79 Å². The number of hydrogen-bond acceptors (Lipinski definition) is 5. The van der Waals surface area contributed by atoms with E-state index in [2.05, 4.69) is 9.47 Å². The summed E-state index contributed by atoms with van der Waals surface area (Å²) in [5, 5.41) is -0.0106. The molecule has 0 radical (unpaired) electrons. The minimum atomic E-state index is -5.20. The van der Waals surface area contributed by atoms with Crippen LogP contribution in [0.25, 0.3) is 0 Å². The molecule has 0 fully saturated rings. The molecule has 5 nitrogen and oxygen atoms in total. The maximum Gasteiger partial charge on any atom is 0.490 e. The Hall–Kier alpha value is -1.57. The smallest absolute Gasteiger partial charge is 0.468 e. The van der Waals surface area contributed by atoms with Crippen LogP contribution >= 0.6 is 11.6 Å². The molecule has 0 aromatic heterocycles. The molecule has 0 saturated carbocycles. The normalized spacial score (nSPS) is 21.8. The monoisotopic (exact) mass is 384 g/mol. The number of alkyl halides is 3. The van der Waals surface area contributed by atoms with Crippen molar-refractivity contribution in [2.24, 2.45) is 11.3 Å². The highest BCUT2D eigenvalue weighted by Gasteiger charge is 2.50. The minimum Gasteiger partial charge on any atom is -0.468 e. The van der Waals surface area contributed by atoms with Crippen molar-refractivity contribution in [3.8, 4) is 0 Å². The summed E-state index contributed by atoms with van der Waals surface area (Å²) < 4.78 is 46.7. The maximum absolute atomic E-state index is 12.8. The minimum absolute atomic E-state index is 0.0106. The van der Waals surface area contributed by atoms with E-state index in [-0.39, 0.29) is 23.4 Å². The lowest BCUT2D eigenvalue weighted by Gasteiger charge is -2.38. The molecule has 25 heavy (non-hydrogen) atoms. The van der Waals surface area contributed by atoms with Crippen molar-refractivity contribution in [3.63, 3.8) is 0 Å². The predicted molar refractivity (Wildman–Crippen MR) is 82.6 cm³/mol. The van der Waals surface area contributed by atoms with E-state index in [0.717, 1.165) is 7.11 Å². The zero-order valence-corrected chi connectivity index (χ0v) is 15.1. The van der Waals surface area contributed by atoms with E-state index in [1.807, 2.05) is 0 Å². The number of hydrogen-bond donors (Lipinski definition) is 0. The first-order chi connectivity index (χ1) is 11.4. The summed E-state index contributed by atoms with van der Waals surface area (Å²) in [5.74, 6) is -5.23. The second kappa shape index (κ2) is 7.76. The third kappa shape index (κ3) is 4.74. The highest BCUT2D eigenvalue weighted by atomic mass is 35.5. The molecule has 1 aliphatic rings. The van der Waals surface area contributed by atoms with Crippen molar-refractivity contribution in [2.45, 2.75) is 52.3 Å². The standard InChI is InChI=1S/C16H20ClF3O5/c1-5-6-9(25-14(23)16(18,19)20)10-8(17)7-15(2,3)11(12(10)21)13(22)24-4/h9,11H,5-7H2,1-4H3/t9-,11+/m0/s1. The summed E-state index contributed by atoms with van der Waals surface area (Å²) in [4.78, 5) is 36.0. The van der Waals surface area contributed by atoms with E-state index in [1.165, 1.54) is 0 Å². The zero-order chi connectivity index (χ0) is 19.6. The number of allylic oxidation sites excluding steroid dienone is 1. The molecule has 9 heteroatoms. The Morgan fingerprint density at radius 1 is 1.36 bits per heavy atom. The van der Waals surface area contributed by atoms with Crippen LogP contribution in [0.2, 0.25) is 0 Å². The number of ether oxygens (including phenoxy) is 2. The van der Waals surface area contributed by atoms with Gasteiger partial charge in [-0.2, -0.15) is 13.2 Å². The Balaban J connectivity index is 3.30. The first kappa shape index (κ1) is 21.5. The van der Waals surface area contributed by atoms with Gasteiger partial charge in [0.2, 0.25) is 0 Å². The highest BCUT2D eigenvalue weighted by molar-refractivity contribution is 6.33. The molecule has 0 aliphatic heterocycles. The van der Waals surface area contributed by atoms with Crippen molar-refractivity contribution in [3.05, 3.63) is 10.6 Å². The Morgan fingerprint density at radius 2 is 1.92 bits per heavy atom. The molecule has 1 aliphatic carbocycles. The van der Waals surface area contributed by atoms with Gasteiger partial charge < -0.3 is 9.47 Å². The van der Waals surface area contributed by atoms with Gasteiger partial charge in [0, 0.05) is 5.03 Å². The lowest BCUT2D eigenvalue weighted by molar-refractivity contribution is -0.203. The van der Waals surface area contributed by atoms with Crippen LogP contribution in [-0.2, 0) is 23.9 Å². The van der Waals surface area contributed by atoms with Crippen LogP contribution in [0.1, 0.15) is 40.0 Å². The second-order valence-corrected chi connectivity index (χ2v) is 6.94. The summed E-state index contributed by atoms with van der Waals surface area (Å²) in [7, 11) is 1.11. The molecular formula is C16H20ClF3O5. The van der Waals surface area contributed by atoms with E-state index in [9.17, 15) is 27.6 Å². The molecule has 0 aromatic rings. The zero-order valence-electron chi connectivity index (χ0n) is 14.3. The summed E-state index contributed by atoms with van der Waals surface area (Å²) in [6, 6.07) is 0. The van der Waals surface area contributed by atoms with Gasteiger partial charge in [0.15, 0.2) is 5.78 Å². The van der Waals surface area contributed by atoms with Crippen LogP contribution < -0.4 is 0 Å². The van der Waals surface area contributed by atoms with Gasteiger partial charge in [-0.15, -0.1) is 0 Å².